The van der Waals surface area contributed by atoms with Crippen LogP contribution >= 0.6 is 0 Å². The van der Waals surface area contributed by atoms with E-state index in [9.17, 15) is 18.1 Å². The molecule has 0 atom stereocenters. The van der Waals surface area contributed by atoms with Gasteiger partial charge in [-0.1, -0.05) is 0 Å². The summed E-state index contributed by atoms with van der Waals surface area (Å²) in [7, 11) is 0. The number of hydrogen-bond acceptors (Lipinski definition) is 0. The first-order chi connectivity index (χ1) is 2.45. The molecule has 0 saturated carbocycles. The van der Waals surface area contributed by atoms with E-state index in [1.54, 1.807) is 0 Å². The minimum atomic E-state index is -10.9. The fraction of sp³-hybridized carbons (Fsp3) is 0. The predicted molar refractivity (Wildman–Crippen MR) is 6.65 cm³/mol. The molecule has 0 saturated heterocycles. The van der Waals surface area contributed by atoms with E-state index in [2.05, 4.69) is 0 Å². The van der Waals surface area contributed by atoms with Gasteiger partial charge in [-0.2, -0.15) is 0 Å². The van der Waals surface area contributed by atoms with Gasteiger partial charge in [-0.05, 0) is 0 Å². The number of rotatable bonds is 0. The van der Waals surface area contributed by atoms with Gasteiger partial charge in [0.15, 0.2) is 0 Å². The molecule has 0 aliphatic heterocycles. The van der Waals surface area contributed by atoms with Crippen LogP contribution in [-0.2, 0) is 17.8 Å². The fourth-order valence-corrected chi connectivity index (χ4v) is 0. The topological polar surface area (TPSA) is 0 Å². The maximum atomic E-state index is 9.88. The molecule has 0 aliphatic carbocycles. The van der Waals surface area contributed by atoms with Gasteiger partial charge >= 0.3 is 35.9 Å². The quantitative estimate of drug-likeness (QED) is 0.436. The van der Waals surface area contributed by atoms with E-state index in [-0.39, 0.29) is 0 Å². The van der Waals surface area contributed by atoms with Crippen LogP contribution in [0.3, 0.4) is 0 Å². The van der Waals surface area contributed by atoms with Gasteiger partial charge in [-0.15, -0.1) is 0 Å². The summed E-state index contributed by atoms with van der Waals surface area (Å²) in [5.74, 6) is 0. The van der Waals surface area contributed by atoms with Gasteiger partial charge in [-0.3, -0.25) is 0 Å². The Bertz CT molecular complexity index is 62.7. The van der Waals surface area contributed by atoms with Crippen LogP contribution in [0, 0.1) is 0 Å². The molecule has 0 amide bonds. The first kappa shape index (κ1) is 7.32. The average molecular weight is 222 g/mol. The van der Waals surface area contributed by atoms with E-state index < -0.39 is 17.8 Å². The summed E-state index contributed by atoms with van der Waals surface area (Å²) in [6.45, 7) is 0. The second kappa shape index (κ2) is 0.762. The van der Waals surface area contributed by atoms with Crippen molar-refractivity contribution in [1.82, 2.24) is 0 Å². The molecule has 53 valence electrons. The van der Waals surface area contributed by atoms with Crippen molar-refractivity contribution >= 4 is 0 Å². The summed E-state index contributed by atoms with van der Waals surface area (Å²) in [5.41, 5.74) is 0. The van der Waals surface area contributed by atoms with Gasteiger partial charge in [0.05, 0.1) is 0 Å². The van der Waals surface area contributed by atoms with Crippen LogP contribution in [0.15, 0.2) is 0 Å². The van der Waals surface area contributed by atoms with Crippen LogP contribution in [0.4, 0.5) is 18.1 Å². The van der Waals surface area contributed by atoms with Crippen molar-refractivity contribution in [1.29, 1.82) is 0 Å². The second-order valence-electron chi connectivity index (χ2n) is 0.646. The Morgan fingerprint density at radius 2 is 0.571 bits per heavy atom. The zero-order chi connectivity index (χ0) is 6.41. The van der Waals surface area contributed by atoms with E-state index in [1.165, 1.54) is 0 Å². The van der Waals surface area contributed by atoms with Crippen LogP contribution in [0.25, 0.3) is 0 Å². The number of hydrogen-bond donors (Lipinski definition) is 0. The molecule has 0 bridgehead atoms. The molecule has 7 heteroatoms. The first-order valence-electron chi connectivity index (χ1n) is 0.684. The molecule has 0 heterocycles. The first-order valence-corrected chi connectivity index (χ1v) is 4.05. The predicted octanol–water partition coefficient (Wildman–Crippen LogP) is 2.52. The third-order valence-corrected chi connectivity index (χ3v) is 0. The molecule has 0 aromatic rings. The van der Waals surface area contributed by atoms with Crippen molar-refractivity contribution in [2.45, 2.75) is 0 Å². The van der Waals surface area contributed by atoms with Gasteiger partial charge in [-0.25, -0.2) is 0 Å². The molecule has 0 spiro atoms. The molecule has 0 rings (SSSR count). The van der Waals surface area contributed by atoms with Gasteiger partial charge in [0, 0.05) is 0 Å². The summed E-state index contributed by atoms with van der Waals surface area (Å²) >= 11 is -10.9. The standard InChI is InChI=1S/Ag.6FH/h;6*1H/q+6;;;;;;/p-6. The van der Waals surface area contributed by atoms with Crippen LogP contribution < -0.4 is 0 Å². The van der Waals surface area contributed by atoms with Gasteiger partial charge in [0.1, 0.15) is 0 Å². The Morgan fingerprint density at radius 3 is 0.571 bits per heavy atom. The molecule has 0 nitrogen and oxygen atoms in total. The van der Waals surface area contributed by atoms with Crippen LogP contribution in [0.1, 0.15) is 0 Å². The average Bonchev–Trinajstić information content (AvgIpc) is 0.592. The van der Waals surface area contributed by atoms with Crippen LogP contribution in [0.5, 0.6) is 0 Å². The molecule has 0 radical (unpaired) electrons. The van der Waals surface area contributed by atoms with Crippen molar-refractivity contribution < 1.29 is 35.9 Å². The molecular weight excluding hydrogens is 222 g/mol. The van der Waals surface area contributed by atoms with Crippen molar-refractivity contribution in [3.8, 4) is 0 Å². The summed E-state index contributed by atoms with van der Waals surface area (Å²) < 4.78 is 59.3. The van der Waals surface area contributed by atoms with Crippen molar-refractivity contribution in [2.75, 3.05) is 0 Å². The van der Waals surface area contributed by atoms with Crippen LogP contribution in [-0.4, -0.2) is 0 Å². The number of halogens is 6. The molecule has 7 heavy (non-hydrogen) atoms. The fourth-order valence-electron chi connectivity index (χ4n) is 0. The van der Waals surface area contributed by atoms with Crippen molar-refractivity contribution in [3.63, 3.8) is 0 Å². The third-order valence-electron chi connectivity index (χ3n) is 0. The van der Waals surface area contributed by atoms with Gasteiger partial charge in [0.2, 0.25) is 0 Å². The molecule has 0 aromatic carbocycles. The summed E-state index contributed by atoms with van der Waals surface area (Å²) in [4.78, 5) is 0. The zero-order valence-corrected chi connectivity index (χ0v) is 4.05. The van der Waals surface area contributed by atoms with E-state index >= 15 is 0 Å². The van der Waals surface area contributed by atoms with Crippen LogP contribution in [0.2, 0.25) is 0 Å². The molecule has 0 N–H and O–H groups in total. The minimum absolute atomic E-state index is 9.88. The Morgan fingerprint density at radius 1 is 0.571 bits per heavy atom. The van der Waals surface area contributed by atoms with Crippen molar-refractivity contribution in [2.24, 2.45) is 0 Å². The summed E-state index contributed by atoms with van der Waals surface area (Å²) in [6.07, 6.45) is 0. The van der Waals surface area contributed by atoms with E-state index in [4.69, 9.17) is 0 Å². The summed E-state index contributed by atoms with van der Waals surface area (Å²) in [6, 6.07) is 0. The Labute approximate surface area is 36.7 Å². The van der Waals surface area contributed by atoms with E-state index in [0.717, 1.165) is 0 Å². The zero-order valence-electron chi connectivity index (χ0n) is 2.57. The normalized spacial score (nSPS) is 23.1. The molecule has 0 aliphatic rings. The van der Waals surface area contributed by atoms with E-state index in [0.29, 0.717) is 0 Å². The molecular formula is AgF6. The second-order valence-corrected chi connectivity index (χ2v) is 3.82. The summed E-state index contributed by atoms with van der Waals surface area (Å²) in [5, 5.41) is 0. The Balaban J connectivity index is 4.43. The Kier molecular flexibility index (Phi) is 0.797. The monoisotopic (exact) mass is 221 g/mol. The van der Waals surface area contributed by atoms with E-state index in [1.807, 2.05) is 0 Å². The molecule has 0 fully saturated rings. The maximum absolute atomic E-state index is 10.9. The van der Waals surface area contributed by atoms with Gasteiger partial charge in [0.25, 0.3) is 0 Å². The third kappa shape index (κ3) is 1150. The molecule has 0 unspecified atom stereocenters. The Hall–Kier alpha value is 0.320. The van der Waals surface area contributed by atoms with Gasteiger partial charge < -0.3 is 0 Å². The SMILES string of the molecule is [F][Ag]([F])([F])([F])([F])[F]. The molecule has 0 aromatic heterocycles. The van der Waals surface area contributed by atoms with Crippen molar-refractivity contribution in [3.05, 3.63) is 0 Å².